The molecule has 1 unspecified atom stereocenters. The Morgan fingerprint density at radius 2 is 1.55 bits per heavy atom. The quantitative estimate of drug-likeness (QED) is 0.542. The minimum Gasteiger partial charge on any atom is -0.0884 e. The van der Waals surface area contributed by atoms with Gasteiger partial charge in [-0.3, -0.25) is 0 Å². The smallest absolute Gasteiger partial charge is 0.0208 e. The molecule has 0 bridgehead atoms. The lowest BCUT2D eigenvalue weighted by Crippen LogP contribution is -2.23. The van der Waals surface area contributed by atoms with E-state index in [1.165, 1.54) is 32.1 Å². The van der Waals surface area contributed by atoms with Gasteiger partial charge in [-0.2, -0.15) is 0 Å². The van der Waals surface area contributed by atoms with Crippen LogP contribution in [0.1, 0.15) is 46.0 Å². The molecule has 2 rings (SSSR count). The third kappa shape index (κ3) is 1.37. The highest BCUT2D eigenvalue weighted by molar-refractivity contribution is 9.09. The number of alkyl halides is 1. The van der Waals surface area contributed by atoms with Gasteiger partial charge in [-0.05, 0) is 42.9 Å². The molecule has 1 atom stereocenters. The van der Waals surface area contributed by atoms with Crippen molar-refractivity contribution in [3.05, 3.63) is 0 Å². The molecule has 1 heteroatoms. The molecule has 2 aliphatic rings. The maximum Gasteiger partial charge on any atom is 0.0208 e. The Balaban J connectivity index is 1.96. The van der Waals surface area contributed by atoms with E-state index in [9.17, 15) is 0 Å². The predicted molar refractivity (Wildman–Crippen MR) is 52.0 cm³/mol. The van der Waals surface area contributed by atoms with E-state index in [1.54, 1.807) is 0 Å². The SMILES string of the molecule is CC1(C)CCC2(CC1)CC2Br. The van der Waals surface area contributed by atoms with Gasteiger partial charge in [-0.25, -0.2) is 0 Å². The Kier molecular flexibility index (Phi) is 1.65. The zero-order chi connectivity index (χ0) is 8.11. The first-order valence-corrected chi connectivity index (χ1v) is 5.60. The van der Waals surface area contributed by atoms with Crippen LogP contribution in [0.25, 0.3) is 0 Å². The van der Waals surface area contributed by atoms with Crippen LogP contribution in [-0.2, 0) is 0 Å². The van der Waals surface area contributed by atoms with Crippen molar-refractivity contribution in [3.63, 3.8) is 0 Å². The highest BCUT2D eigenvalue weighted by Crippen LogP contribution is 2.62. The van der Waals surface area contributed by atoms with Crippen molar-refractivity contribution >= 4 is 15.9 Å². The molecule has 2 aliphatic carbocycles. The van der Waals surface area contributed by atoms with E-state index < -0.39 is 0 Å². The average Bonchev–Trinajstić information content (AvgIpc) is 2.54. The first-order chi connectivity index (χ1) is 5.04. The lowest BCUT2D eigenvalue weighted by molar-refractivity contribution is 0.179. The van der Waals surface area contributed by atoms with Crippen LogP contribution in [0.15, 0.2) is 0 Å². The van der Waals surface area contributed by atoms with Crippen LogP contribution >= 0.6 is 15.9 Å². The first-order valence-electron chi connectivity index (χ1n) is 4.68. The molecule has 2 saturated carbocycles. The molecule has 0 heterocycles. The molecule has 0 aliphatic heterocycles. The Morgan fingerprint density at radius 3 is 1.91 bits per heavy atom. The molecule has 0 N–H and O–H groups in total. The lowest BCUT2D eigenvalue weighted by atomic mass is 9.71. The van der Waals surface area contributed by atoms with Crippen molar-refractivity contribution in [3.8, 4) is 0 Å². The molecule has 2 fully saturated rings. The highest BCUT2D eigenvalue weighted by Gasteiger charge is 2.54. The molecule has 0 saturated heterocycles. The van der Waals surface area contributed by atoms with E-state index in [4.69, 9.17) is 0 Å². The Hall–Kier alpha value is 0.480. The van der Waals surface area contributed by atoms with Crippen molar-refractivity contribution in [2.24, 2.45) is 10.8 Å². The summed E-state index contributed by atoms with van der Waals surface area (Å²) in [7, 11) is 0. The van der Waals surface area contributed by atoms with Crippen LogP contribution in [0.2, 0.25) is 0 Å². The van der Waals surface area contributed by atoms with Gasteiger partial charge in [0.1, 0.15) is 0 Å². The third-order valence-corrected chi connectivity index (χ3v) is 4.98. The molecular weight excluding hydrogens is 200 g/mol. The van der Waals surface area contributed by atoms with E-state index in [0.717, 1.165) is 10.2 Å². The second-order valence-electron chi connectivity index (χ2n) is 5.20. The molecule has 1 spiro atoms. The van der Waals surface area contributed by atoms with Crippen LogP contribution < -0.4 is 0 Å². The fourth-order valence-electron chi connectivity index (χ4n) is 2.24. The molecule has 0 nitrogen and oxygen atoms in total. The predicted octanol–water partition coefficient (Wildman–Crippen LogP) is 3.74. The zero-order valence-electron chi connectivity index (χ0n) is 7.49. The molecule has 0 aromatic rings. The Bertz CT molecular complexity index is 162. The second kappa shape index (κ2) is 2.25. The Morgan fingerprint density at radius 1 is 1.09 bits per heavy atom. The van der Waals surface area contributed by atoms with Crippen molar-refractivity contribution in [1.29, 1.82) is 0 Å². The maximum atomic E-state index is 3.74. The minimum atomic E-state index is 0.639. The summed E-state index contributed by atoms with van der Waals surface area (Å²) in [6, 6.07) is 0. The number of hydrogen-bond donors (Lipinski definition) is 0. The summed E-state index contributed by atoms with van der Waals surface area (Å²) in [6.07, 6.45) is 7.26. The number of hydrogen-bond acceptors (Lipinski definition) is 0. The summed E-state index contributed by atoms with van der Waals surface area (Å²) in [5.41, 5.74) is 1.40. The van der Waals surface area contributed by atoms with E-state index in [0.29, 0.717) is 5.41 Å². The fraction of sp³-hybridized carbons (Fsp3) is 1.00. The lowest BCUT2D eigenvalue weighted by Gasteiger charge is -2.34. The zero-order valence-corrected chi connectivity index (χ0v) is 9.08. The van der Waals surface area contributed by atoms with Gasteiger partial charge in [0.2, 0.25) is 0 Å². The third-order valence-electron chi connectivity index (χ3n) is 3.69. The average molecular weight is 217 g/mol. The number of rotatable bonds is 0. The van der Waals surface area contributed by atoms with Crippen LogP contribution in [-0.4, -0.2) is 4.83 Å². The van der Waals surface area contributed by atoms with Crippen LogP contribution in [0.5, 0.6) is 0 Å². The van der Waals surface area contributed by atoms with Crippen LogP contribution in [0.3, 0.4) is 0 Å². The van der Waals surface area contributed by atoms with Gasteiger partial charge in [0.05, 0.1) is 0 Å². The summed E-state index contributed by atoms with van der Waals surface area (Å²) < 4.78 is 0. The van der Waals surface area contributed by atoms with E-state index in [2.05, 4.69) is 29.8 Å². The molecule has 0 radical (unpaired) electrons. The van der Waals surface area contributed by atoms with Gasteiger partial charge >= 0.3 is 0 Å². The monoisotopic (exact) mass is 216 g/mol. The fourth-order valence-corrected chi connectivity index (χ4v) is 3.34. The summed E-state index contributed by atoms with van der Waals surface area (Å²) in [5.74, 6) is 0. The van der Waals surface area contributed by atoms with Gasteiger partial charge in [0, 0.05) is 4.83 Å². The van der Waals surface area contributed by atoms with Crippen molar-refractivity contribution in [2.45, 2.75) is 50.8 Å². The van der Waals surface area contributed by atoms with Crippen LogP contribution in [0, 0.1) is 10.8 Å². The van der Waals surface area contributed by atoms with E-state index in [1.807, 2.05) is 0 Å². The van der Waals surface area contributed by atoms with Gasteiger partial charge in [-0.15, -0.1) is 0 Å². The molecule has 0 aromatic carbocycles. The normalized spacial score (nSPS) is 39.0. The topological polar surface area (TPSA) is 0 Å². The molecule has 11 heavy (non-hydrogen) atoms. The number of halogens is 1. The van der Waals surface area contributed by atoms with Crippen molar-refractivity contribution < 1.29 is 0 Å². The summed E-state index contributed by atoms with van der Waals surface area (Å²) >= 11 is 3.74. The molecule has 0 amide bonds. The van der Waals surface area contributed by atoms with Crippen LogP contribution in [0.4, 0.5) is 0 Å². The second-order valence-corrected chi connectivity index (χ2v) is 6.30. The molecule has 64 valence electrons. The summed E-state index contributed by atoms with van der Waals surface area (Å²) in [5, 5.41) is 0. The first kappa shape index (κ1) is 8.10. The largest absolute Gasteiger partial charge is 0.0884 e. The van der Waals surface area contributed by atoms with E-state index in [-0.39, 0.29) is 0 Å². The van der Waals surface area contributed by atoms with E-state index >= 15 is 0 Å². The van der Waals surface area contributed by atoms with Gasteiger partial charge < -0.3 is 0 Å². The summed E-state index contributed by atoms with van der Waals surface area (Å²) in [6.45, 7) is 4.82. The van der Waals surface area contributed by atoms with Gasteiger partial charge in [0.15, 0.2) is 0 Å². The molecule has 0 aromatic heterocycles. The minimum absolute atomic E-state index is 0.639. The Labute approximate surface area is 77.9 Å². The summed E-state index contributed by atoms with van der Waals surface area (Å²) in [4.78, 5) is 0.867. The van der Waals surface area contributed by atoms with Gasteiger partial charge in [-0.1, -0.05) is 29.8 Å². The van der Waals surface area contributed by atoms with Gasteiger partial charge in [0.25, 0.3) is 0 Å². The van der Waals surface area contributed by atoms with Crippen molar-refractivity contribution in [2.75, 3.05) is 0 Å². The van der Waals surface area contributed by atoms with Crippen molar-refractivity contribution in [1.82, 2.24) is 0 Å². The maximum absolute atomic E-state index is 3.74. The highest BCUT2D eigenvalue weighted by atomic mass is 79.9. The molecular formula is C10H17Br. The standard InChI is InChI=1S/C10H17Br/c1-9(2)3-5-10(6-4-9)7-8(10)11/h8H,3-7H2,1-2H3.